The van der Waals surface area contributed by atoms with Gasteiger partial charge >= 0.3 is 0 Å². The molecule has 3 rings (SSSR count). The van der Waals surface area contributed by atoms with Crippen LogP contribution >= 0.6 is 27.7 Å². The average molecular weight is 408 g/mol. The summed E-state index contributed by atoms with van der Waals surface area (Å²) in [5.74, 6) is 2.16. The zero-order valence-corrected chi connectivity index (χ0v) is 15.7. The van der Waals surface area contributed by atoms with Crippen molar-refractivity contribution in [1.29, 1.82) is 0 Å². The molecule has 4 nitrogen and oxygen atoms in total. The van der Waals surface area contributed by atoms with Gasteiger partial charge in [0.2, 0.25) is 5.91 Å². The maximum absolute atomic E-state index is 12.4. The van der Waals surface area contributed by atoms with Crippen LogP contribution in [-0.4, -0.2) is 24.4 Å². The van der Waals surface area contributed by atoms with Crippen LogP contribution < -0.4 is 14.8 Å². The number of thioether (sulfide) groups is 1. The predicted molar refractivity (Wildman–Crippen MR) is 101 cm³/mol. The first kappa shape index (κ1) is 17.2. The Morgan fingerprint density at radius 3 is 2.79 bits per heavy atom. The number of anilines is 1. The van der Waals surface area contributed by atoms with Crippen molar-refractivity contribution in [2.45, 2.75) is 17.9 Å². The van der Waals surface area contributed by atoms with Gasteiger partial charge in [0.15, 0.2) is 11.5 Å². The second-order valence-electron chi connectivity index (χ2n) is 5.43. The molecular formula is C18H18BrNO3S. The fraction of sp³-hybridized carbons (Fsp3) is 0.278. The molecule has 1 aliphatic heterocycles. The van der Waals surface area contributed by atoms with Gasteiger partial charge in [-0.15, -0.1) is 11.8 Å². The second kappa shape index (κ2) is 7.94. The van der Waals surface area contributed by atoms with E-state index in [0.717, 1.165) is 21.7 Å². The Kier molecular flexibility index (Phi) is 5.68. The molecule has 0 bridgehead atoms. The van der Waals surface area contributed by atoms with E-state index in [1.54, 1.807) is 17.8 Å². The maximum atomic E-state index is 12.4. The van der Waals surface area contributed by atoms with Crippen LogP contribution in [0.5, 0.6) is 11.5 Å². The van der Waals surface area contributed by atoms with E-state index >= 15 is 0 Å². The van der Waals surface area contributed by atoms with Crippen molar-refractivity contribution in [1.82, 2.24) is 0 Å². The molecule has 2 aromatic carbocycles. The van der Waals surface area contributed by atoms with Crippen LogP contribution in [0.4, 0.5) is 5.69 Å². The number of ether oxygens (including phenoxy) is 2. The van der Waals surface area contributed by atoms with Crippen molar-refractivity contribution < 1.29 is 14.3 Å². The van der Waals surface area contributed by atoms with Crippen LogP contribution in [0, 0.1) is 0 Å². The Hall–Kier alpha value is -1.66. The lowest BCUT2D eigenvalue weighted by atomic mass is 10.2. The summed E-state index contributed by atoms with van der Waals surface area (Å²) in [4.78, 5) is 12.4. The topological polar surface area (TPSA) is 47.6 Å². The predicted octanol–water partition coefficient (Wildman–Crippen LogP) is 4.48. The minimum Gasteiger partial charge on any atom is -0.486 e. The molecule has 0 radical (unpaired) electrons. The maximum Gasteiger partial charge on any atom is 0.237 e. The number of carbonyl (C=O) groups is 1. The Bertz CT molecular complexity index is 738. The zero-order valence-electron chi connectivity index (χ0n) is 13.3. The summed E-state index contributed by atoms with van der Waals surface area (Å²) in [6.45, 7) is 3.00. The van der Waals surface area contributed by atoms with E-state index in [-0.39, 0.29) is 11.2 Å². The Labute approximate surface area is 154 Å². The van der Waals surface area contributed by atoms with Gasteiger partial charge in [0.1, 0.15) is 13.2 Å². The SMILES string of the molecule is CC(SCc1cccc(Br)c1)C(=O)Nc1ccc2c(c1)OCCO2. The average Bonchev–Trinajstić information content (AvgIpc) is 2.59. The fourth-order valence-corrected chi connectivity index (χ4v) is 3.57. The van der Waals surface area contributed by atoms with Gasteiger partial charge in [-0.3, -0.25) is 4.79 Å². The summed E-state index contributed by atoms with van der Waals surface area (Å²) in [7, 11) is 0. The summed E-state index contributed by atoms with van der Waals surface area (Å²) in [6.07, 6.45) is 0. The van der Waals surface area contributed by atoms with Gasteiger partial charge in [0, 0.05) is 22.0 Å². The van der Waals surface area contributed by atoms with E-state index in [0.29, 0.717) is 19.0 Å². The number of amides is 1. The van der Waals surface area contributed by atoms with Crippen LogP contribution in [-0.2, 0) is 10.5 Å². The second-order valence-corrected chi connectivity index (χ2v) is 7.68. The molecular weight excluding hydrogens is 390 g/mol. The standard InChI is InChI=1S/C18H18BrNO3S/c1-12(24-11-13-3-2-4-14(19)9-13)18(21)20-15-5-6-16-17(10-15)23-8-7-22-16/h2-6,9-10,12H,7-8,11H2,1H3,(H,20,21). The van der Waals surface area contributed by atoms with Crippen LogP contribution in [0.3, 0.4) is 0 Å². The van der Waals surface area contributed by atoms with Gasteiger partial charge in [-0.05, 0) is 36.8 Å². The quantitative estimate of drug-likeness (QED) is 0.793. The van der Waals surface area contributed by atoms with Crippen molar-refractivity contribution in [2.75, 3.05) is 18.5 Å². The molecule has 6 heteroatoms. The van der Waals surface area contributed by atoms with Crippen molar-refractivity contribution in [3.8, 4) is 11.5 Å². The van der Waals surface area contributed by atoms with Gasteiger partial charge < -0.3 is 14.8 Å². The Balaban J connectivity index is 1.56. The Morgan fingerprint density at radius 1 is 1.21 bits per heavy atom. The first-order valence-electron chi connectivity index (χ1n) is 7.68. The van der Waals surface area contributed by atoms with E-state index in [4.69, 9.17) is 9.47 Å². The summed E-state index contributed by atoms with van der Waals surface area (Å²) in [5.41, 5.74) is 1.91. The third kappa shape index (κ3) is 4.45. The number of hydrogen-bond donors (Lipinski definition) is 1. The van der Waals surface area contributed by atoms with Gasteiger partial charge in [-0.1, -0.05) is 28.1 Å². The van der Waals surface area contributed by atoms with Gasteiger partial charge in [0.25, 0.3) is 0 Å². The number of halogens is 1. The summed E-state index contributed by atoms with van der Waals surface area (Å²) in [6, 6.07) is 13.6. The largest absolute Gasteiger partial charge is 0.486 e. The molecule has 2 aromatic rings. The molecule has 1 N–H and O–H groups in total. The normalized spacial score (nSPS) is 14.1. The summed E-state index contributed by atoms with van der Waals surface area (Å²) >= 11 is 5.07. The minimum absolute atomic E-state index is 0.0216. The van der Waals surface area contributed by atoms with Crippen molar-refractivity contribution in [2.24, 2.45) is 0 Å². The highest BCUT2D eigenvalue weighted by Gasteiger charge is 2.16. The Morgan fingerprint density at radius 2 is 2.00 bits per heavy atom. The van der Waals surface area contributed by atoms with E-state index in [1.807, 2.05) is 31.2 Å². The molecule has 0 spiro atoms. The smallest absolute Gasteiger partial charge is 0.237 e. The first-order chi connectivity index (χ1) is 11.6. The van der Waals surface area contributed by atoms with Crippen LogP contribution in [0.15, 0.2) is 46.9 Å². The van der Waals surface area contributed by atoms with Crippen LogP contribution in [0.2, 0.25) is 0 Å². The lowest BCUT2D eigenvalue weighted by molar-refractivity contribution is -0.115. The molecule has 1 aliphatic rings. The number of hydrogen-bond acceptors (Lipinski definition) is 4. The van der Waals surface area contributed by atoms with Crippen molar-refractivity contribution in [3.63, 3.8) is 0 Å². The number of carbonyl (C=O) groups excluding carboxylic acids is 1. The highest BCUT2D eigenvalue weighted by atomic mass is 79.9. The lowest BCUT2D eigenvalue weighted by Crippen LogP contribution is -2.23. The van der Waals surface area contributed by atoms with Gasteiger partial charge in [-0.2, -0.15) is 0 Å². The van der Waals surface area contributed by atoms with Crippen molar-refractivity contribution >= 4 is 39.3 Å². The lowest BCUT2D eigenvalue weighted by Gasteiger charge is -2.19. The molecule has 0 saturated carbocycles. The molecule has 1 atom stereocenters. The number of benzene rings is 2. The molecule has 24 heavy (non-hydrogen) atoms. The van der Waals surface area contributed by atoms with E-state index < -0.39 is 0 Å². The molecule has 0 saturated heterocycles. The molecule has 126 valence electrons. The van der Waals surface area contributed by atoms with E-state index in [2.05, 4.69) is 33.4 Å². The third-order valence-corrected chi connectivity index (χ3v) is 5.28. The molecule has 1 amide bonds. The summed E-state index contributed by atoms with van der Waals surface area (Å²) < 4.78 is 12.1. The minimum atomic E-state index is -0.155. The molecule has 0 aliphatic carbocycles. The van der Waals surface area contributed by atoms with E-state index in [1.165, 1.54) is 5.56 Å². The van der Waals surface area contributed by atoms with Crippen LogP contribution in [0.1, 0.15) is 12.5 Å². The van der Waals surface area contributed by atoms with Gasteiger partial charge in [0.05, 0.1) is 5.25 Å². The fourth-order valence-electron chi connectivity index (χ4n) is 2.29. The monoisotopic (exact) mass is 407 g/mol. The van der Waals surface area contributed by atoms with E-state index in [9.17, 15) is 4.79 Å². The molecule has 1 unspecified atom stereocenters. The zero-order chi connectivity index (χ0) is 16.9. The van der Waals surface area contributed by atoms with Gasteiger partial charge in [-0.25, -0.2) is 0 Å². The third-order valence-electron chi connectivity index (χ3n) is 3.57. The number of nitrogens with one attached hydrogen (secondary N) is 1. The summed E-state index contributed by atoms with van der Waals surface area (Å²) in [5, 5.41) is 2.78. The number of rotatable bonds is 5. The molecule has 0 aromatic heterocycles. The molecule has 0 fully saturated rings. The highest BCUT2D eigenvalue weighted by molar-refractivity contribution is 9.10. The highest BCUT2D eigenvalue weighted by Crippen LogP contribution is 2.32. The number of fused-ring (bicyclic) bond motifs is 1. The molecule has 1 heterocycles. The first-order valence-corrected chi connectivity index (χ1v) is 9.52. The van der Waals surface area contributed by atoms with Crippen LogP contribution in [0.25, 0.3) is 0 Å². The van der Waals surface area contributed by atoms with Crippen molar-refractivity contribution in [3.05, 3.63) is 52.5 Å².